The molecule has 1 aliphatic heterocycles. The van der Waals surface area contributed by atoms with Gasteiger partial charge < -0.3 is 10.2 Å². The van der Waals surface area contributed by atoms with Gasteiger partial charge >= 0.3 is 0 Å². The van der Waals surface area contributed by atoms with Crippen LogP contribution in [0, 0.1) is 5.41 Å². The first-order valence-corrected chi connectivity index (χ1v) is 10.3. The molecule has 5 nitrogen and oxygen atoms in total. The maximum absolute atomic E-state index is 12.9. The third-order valence-corrected chi connectivity index (χ3v) is 5.27. The first kappa shape index (κ1) is 21.1. The second-order valence-corrected chi connectivity index (χ2v) is 8.65. The molecule has 0 saturated carbocycles. The molecular formula is C24H31N3O2. The Morgan fingerprint density at radius 1 is 0.931 bits per heavy atom. The summed E-state index contributed by atoms with van der Waals surface area (Å²) in [7, 11) is 0. The number of benzene rings is 2. The maximum Gasteiger partial charge on any atom is 0.254 e. The largest absolute Gasteiger partial charge is 0.336 e. The molecule has 5 heteroatoms. The van der Waals surface area contributed by atoms with Crippen LogP contribution in [0.5, 0.6) is 0 Å². The molecule has 2 aromatic carbocycles. The number of amides is 2. The Kier molecular flexibility index (Phi) is 6.70. The highest BCUT2D eigenvalue weighted by Gasteiger charge is 2.24. The fourth-order valence-corrected chi connectivity index (χ4v) is 3.34. The molecule has 1 aliphatic rings. The first-order valence-electron chi connectivity index (χ1n) is 10.3. The Hall–Kier alpha value is -2.66. The molecule has 0 bridgehead atoms. The van der Waals surface area contributed by atoms with Crippen molar-refractivity contribution in [2.75, 3.05) is 38.0 Å². The Labute approximate surface area is 173 Å². The van der Waals surface area contributed by atoms with Crippen LogP contribution in [0.25, 0.3) is 0 Å². The fraction of sp³-hybridized carbons (Fsp3) is 0.417. The third-order valence-electron chi connectivity index (χ3n) is 5.27. The Balaban J connectivity index is 1.52. The lowest BCUT2D eigenvalue weighted by Gasteiger charge is -2.34. The normalized spacial score (nSPS) is 15.2. The number of carbonyl (C=O) groups excluding carboxylic acids is 2. The number of piperazine rings is 1. The second kappa shape index (κ2) is 9.23. The van der Waals surface area contributed by atoms with Gasteiger partial charge in [-0.25, -0.2) is 0 Å². The minimum atomic E-state index is -0.476. The minimum absolute atomic E-state index is 0.0274. The average molecular weight is 394 g/mol. The van der Waals surface area contributed by atoms with Gasteiger partial charge in [-0.15, -0.1) is 0 Å². The van der Waals surface area contributed by atoms with Crippen molar-refractivity contribution in [1.29, 1.82) is 0 Å². The molecule has 0 aliphatic carbocycles. The molecule has 0 aromatic heterocycles. The van der Waals surface area contributed by atoms with Gasteiger partial charge in [0.25, 0.3) is 5.91 Å². The van der Waals surface area contributed by atoms with Gasteiger partial charge in [-0.05, 0) is 30.2 Å². The van der Waals surface area contributed by atoms with E-state index in [1.807, 2.05) is 49.9 Å². The van der Waals surface area contributed by atoms with Crippen LogP contribution in [0.3, 0.4) is 0 Å². The van der Waals surface area contributed by atoms with E-state index in [0.717, 1.165) is 39.1 Å². The van der Waals surface area contributed by atoms with Gasteiger partial charge in [-0.3, -0.25) is 14.5 Å². The van der Waals surface area contributed by atoms with Gasteiger partial charge in [-0.1, -0.05) is 57.2 Å². The molecule has 0 radical (unpaired) electrons. The number of nitrogens with zero attached hydrogens (tertiary/aromatic N) is 2. The standard InChI is InChI=1S/C24H31N3O2/c1-24(2,3)23(29)25-21-11-7-10-20(18-21)22(28)27-16-14-26(15-17-27)13-12-19-8-5-4-6-9-19/h4-11,18H,12-17H2,1-3H3,(H,25,29). The van der Waals surface area contributed by atoms with Crippen LogP contribution in [0.4, 0.5) is 5.69 Å². The van der Waals surface area contributed by atoms with E-state index in [-0.39, 0.29) is 11.8 Å². The maximum atomic E-state index is 12.9. The summed E-state index contributed by atoms with van der Waals surface area (Å²) in [4.78, 5) is 29.4. The number of nitrogens with one attached hydrogen (secondary N) is 1. The highest BCUT2D eigenvalue weighted by atomic mass is 16.2. The van der Waals surface area contributed by atoms with Crippen molar-refractivity contribution in [3.63, 3.8) is 0 Å². The van der Waals surface area contributed by atoms with Crippen LogP contribution < -0.4 is 5.32 Å². The van der Waals surface area contributed by atoms with Crippen LogP contribution >= 0.6 is 0 Å². The molecule has 0 unspecified atom stereocenters. The zero-order valence-electron chi connectivity index (χ0n) is 17.6. The van der Waals surface area contributed by atoms with E-state index in [1.54, 1.807) is 6.07 Å². The van der Waals surface area contributed by atoms with Crippen molar-refractivity contribution in [2.45, 2.75) is 27.2 Å². The van der Waals surface area contributed by atoms with Crippen molar-refractivity contribution >= 4 is 17.5 Å². The molecule has 1 saturated heterocycles. The van der Waals surface area contributed by atoms with E-state index < -0.39 is 5.41 Å². The summed E-state index contributed by atoms with van der Waals surface area (Å²) in [6, 6.07) is 17.7. The van der Waals surface area contributed by atoms with Crippen LogP contribution in [0.2, 0.25) is 0 Å². The summed E-state index contributed by atoms with van der Waals surface area (Å²) < 4.78 is 0. The molecular weight excluding hydrogens is 362 g/mol. The van der Waals surface area contributed by atoms with Crippen LogP contribution in [0.15, 0.2) is 54.6 Å². The van der Waals surface area contributed by atoms with Crippen LogP contribution in [-0.2, 0) is 11.2 Å². The Morgan fingerprint density at radius 3 is 2.28 bits per heavy atom. The molecule has 1 N–H and O–H groups in total. The summed E-state index contributed by atoms with van der Waals surface area (Å²) in [6.45, 7) is 9.86. The number of hydrogen-bond acceptors (Lipinski definition) is 3. The van der Waals surface area contributed by atoms with Gasteiger partial charge in [0, 0.05) is 49.4 Å². The van der Waals surface area contributed by atoms with Gasteiger partial charge in [0.2, 0.25) is 5.91 Å². The van der Waals surface area contributed by atoms with Crippen LogP contribution in [-0.4, -0.2) is 54.3 Å². The smallest absolute Gasteiger partial charge is 0.254 e. The van der Waals surface area contributed by atoms with Gasteiger partial charge in [0.15, 0.2) is 0 Å². The molecule has 29 heavy (non-hydrogen) atoms. The molecule has 1 fully saturated rings. The van der Waals surface area contributed by atoms with E-state index in [4.69, 9.17) is 0 Å². The predicted octanol–water partition coefficient (Wildman–Crippen LogP) is 3.67. The van der Waals surface area contributed by atoms with Crippen LogP contribution in [0.1, 0.15) is 36.7 Å². The molecule has 0 spiro atoms. The fourth-order valence-electron chi connectivity index (χ4n) is 3.34. The van der Waals surface area contributed by atoms with Crippen molar-refractivity contribution in [2.24, 2.45) is 5.41 Å². The van der Waals surface area contributed by atoms with E-state index in [9.17, 15) is 9.59 Å². The quantitative estimate of drug-likeness (QED) is 0.843. The molecule has 0 atom stereocenters. The predicted molar refractivity (Wildman–Crippen MR) is 117 cm³/mol. The number of anilines is 1. The van der Waals surface area contributed by atoms with Crippen molar-refractivity contribution < 1.29 is 9.59 Å². The topological polar surface area (TPSA) is 52.7 Å². The molecule has 3 rings (SSSR count). The SMILES string of the molecule is CC(C)(C)C(=O)Nc1cccc(C(=O)N2CCN(CCc3ccccc3)CC2)c1. The summed E-state index contributed by atoms with van der Waals surface area (Å²) >= 11 is 0. The number of hydrogen-bond donors (Lipinski definition) is 1. The van der Waals surface area contributed by atoms with Crippen molar-refractivity contribution in [3.8, 4) is 0 Å². The van der Waals surface area contributed by atoms with E-state index >= 15 is 0 Å². The highest BCUT2D eigenvalue weighted by molar-refractivity contribution is 5.98. The van der Waals surface area contributed by atoms with Crippen molar-refractivity contribution in [3.05, 3.63) is 65.7 Å². The summed E-state index contributed by atoms with van der Waals surface area (Å²) in [5.74, 6) is -0.0336. The number of carbonyl (C=O) groups is 2. The lowest BCUT2D eigenvalue weighted by molar-refractivity contribution is -0.123. The van der Waals surface area contributed by atoms with E-state index in [0.29, 0.717) is 11.3 Å². The van der Waals surface area contributed by atoms with Gasteiger partial charge in [-0.2, -0.15) is 0 Å². The third kappa shape index (κ3) is 5.91. The number of rotatable bonds is 5. The summed E-state index contributed by atoms with van der Waals surface area (Å²) in [6.07, 6.45) is 1.03. The minimum Gasteiger partial charge on any atom is -0.336 e. The lowest BCUT2D eigenvalue weighted by atomic mass is 9.95. The Bertz CT molecular complexity index is 835. The highest BCUT2D eigenvalue weighted by Crippen LogP contribution is 2.19. The van der Waals surface area contributed by atoms with E-state index in [2.05, 4.69) is 34.5 Å². The molecule has 2 amide bonds. The summed E-state index contributed by atoms with van der Waals surface area (Å²) in [5, 5.41) is 2.90. The zero-order valence-corrected chi connectivity index (χ0v) is 17.6. The zero-order chi connectivity index (χ0) is 20.9. The second-order valence-electron chi connectivity index (χ2n) is 8.65. The average Bonchev–Trinajstić information content (AvgIpc) is 2.72. The summed E-state index contributed by atoms with van der Waals surface area (Å²) in [5.41, 5.74) is 2.16. The van der Waals surface area contributed by atoms with E-state index in [1.165, 1.54) is 5.56 Å². The first-order chi connectivity index (χ1) is 13.8. The molecule has 154 valence electrons. The molecule has 2 aromatic rings. The molecule has 1 heterocycles. The van der Waals surface area contributed by atoms with Gasteiger partial charge in [0.05, 0.1) is 0 Å². The monoisotopic (exact) mass is 393 g/mol. The van der Waals surface area contributed by atoms with Gasteiger partial charge in [0.1, 0.15) is 0 Å². The van der Waals surface area contributed by atoms with Crippen molar-refractivity contribution in [1.82, 2.24) is 9.80 Å². The lowest BCUT2D eigenvalue weighted by Crippen LogP contribution is -2.49. The Morgan fingerprint density at radius 2 is 1.62 bits per heavy atom.